The van der Waals surface area contributed by atoms with Crippen LogP contribution in [0.2, 0.25) is 0 Å². The molecule has 1 fully saturated rings. The van der Waals surface area contributed by atoms with Crippen molar-refractivity contribution in [3.8, 4) is 11.8 Å². The lowest BCUT2D eigenvalue weighted by atomic mass is 9.79. The molecule has 0 amide bonds. The summed E-state index contributed by atoms with van der Waals surface area (Å²) in [6, 6.07) is 7.97. The van der Waals surface area contributed by atoms with E-state index in [0.29, 0.717) is 13.0 Å². The Morgan fingerprint density at radius 2 is 2.16 bits per heavy atom. The van der Waals surface area contributed by atoms with Crippen LogP contribution in [-0.4, -0.2) is 24.9 Å². The molecule has 2 atom stereocenters. The van der Waals surface area contributed by atoms with Gasteiger partial charge in [0.25, 0.3) is 0 Å². The first-order chi connectivity index (χ1) is 9.09. The molecule has 1 aliphatic rings. The zero-order valence-corrected chi connectivity index (χ0v) is 10.1. The van der Waals surface area contributed by atoms with E-state index in [-0.39, 0.29) is 17.9 Å². The van der Waals surface area contributed by atoms with Crippen molar-refractivity contribution in [1.29, 1.82) is 5.26 Å². The van der Waals surface area contributed by atoms with Crippen molar-refractivity contribution < 1.29 is 23.4 Å². The smallest absolute Gasteiger partial charge is 0.387 e. The molecule has 0 bridgehead atoms. The van der Waals surface area contributed by atoms with E-state index < -0.39 is 18.1 Å². The predicted molar refractivity (Wildman–Crippen MR) is 61.5 cm³/mol. The molecular formula is C13H13F2NO3. The number of rotatable bonds is 4. The number of ether oxygens (including phenoxy) is 2. The lowest BCUT2D eigenvalue weighted by molar-refractivity contribution is -0.0530. The molecule has 19 heavy (non-hydrogen) atoms. The second-order valence-electron chi connectivity index (χ2n) is 4.39. The second-order valence-corrected chi connectivity index (χ2v) is 4.39. The number of alkyl halides is 2. The molecule has 102 valence electrons. The van der Waals surface area contributed by atoms with E-state index in [1.54, 1.807) is 6.07 Å². The normalized spacial score (nSPS) is 24.2. The van der Waals surface area contributed by atoms with Gasteiger partial charge in [0.15, 0.2) is 0 Å². The number of para-hydroxylation sites is 1. The van der Waals surface area contributed by atoms with Crippen LogP contribution in [0.4, 0.5) is 8.78 Å². The van der Waals surface area contributed by atoms with Crippen LogP contribution in [0.3, 0.4) is 0 Å². The van der Waals surface area contributed by atoms with Crippen molar-refractivity contribution in [3.63, 3.8) is 0 Å². The molecule has 0 radical (unpaired) electrons. The van der Waals surface area contributed by atoms with E-state index in [0.717, 1.165) is 0 Å². The summed E-state index contributed by atoms with van der Waals surface area (Å²) in [7, 11) is 0. The van der Waals surface area contributed by atoms with Gasteiger partial charge >= 0.3 is 6.61 Å². The maximum absolute atomic E-state index is 12.3. The van der Waals surface area contributed by atoms with Crippen molar-refractivity contribution >= 4 is 0 Å². The third kappa shape index (κ3) is 2.67. The predicted octanol–water partition coefficient (Wildman–Crippen LogP) is 2.25. The average molecular weight is 269 g/mol. The van der Waals surface area contributed by atoms with Crippen molar-refractivity contribution in [3.05, 3.63) is 29.8 Å². The van der Waals surface area contributed by atoms with Crippen LogP contribution in [0.1, 0.15) is 18.1 Å². The van der Waals surface area contributed by atoms with Gasteiger partial charge in [-0.1, -0.05) is 18.2 Å². The minimum Gasteiger partial charge on any atom is -0.434 e. The summed E-state index contributed by atoms with van der Waals surface area (Å²) in [6.07, 6.45) is -0.872. The van der Waals surface area contributed by atoms with Gasteiger partial charge in [0.2, 0.25) is 0 Å². The SMILES string of the molecule is N#CC1(C(O)c2ccccc2OC(F)F)CCOC1. The first-order valence-corrected chi connectivity index (χ1v) is 5.80. The van der Waals surface area contributed by atoms with Gasteiger partial charge in [-0.25, -0.2) is 0 Å². The fourth-order valence-electron chi connectivity index (χ4n) is 2.15. The lowest BCUT2D eigenvalue weighted by Crippen LogP contribution is -2.28. The molecule has 1 N–H and O–H groups in total. The Kier molecular flexibility index (Phi) is 3.98. The Bertz CT molecular complexity index is 481. The molecule has 6 heteroatoms. The van der Waals surface area contributed by atoms with Gasteiger partial charge in [0, 0.05) is 12.2 Å². The molecule has 4 nitrogen and oxygen atoms in total. The number of aliphatic hydroxyl groups excluding tert-OH is 1. The summed E-state index contributed by atoms with van der Waals surface area (Å²) in [4.78, 5) is 0. The fraction of sp³-hybridized carbons (Fsp3) is 0.462. The van der Waals surface area contributed by atoms with Gasteiger partial charge in [-0.15, -0.1) is 0 Å². The van der Waals surface area contributed by atoms with Gasteiger partial charge in [0.05, 0.1) is 12.7 Å². The van der Waals surface area contributed by atoms with Crippen molar-refractivity contribution in [2.75, 3.05) is 13.2 Å². The number of nitriles is 1. The number of benzene rings is 1. The number of halogens is 2. The standard InChI is InChI=1S/C13H13F2NO3/c14-12(15)19-10-4-2-1-3-9(10)11(17)13(7-16)5-6-18-8-13/h1-4,11-12,17H,5-6,8H2. The quantitative estimate of drug-likeness (QED) is 0.910. The molecule has 0 aliphatic carbocycles. The Morgan fingerprint density at radius 1 is 1.42 bits per heavy atom. The van der Waals surface area contributed by atoms with Gasteiger partial charge in [-0.2, -0.15) is 14.0 Å². The third-order valence-electron chi connectivity index (χ3n) is 3.23. The molecule has 0 saturated carbocycles. The van der Waals surface area contributed by atoms with Gasteiger partial charge in [-0.3, -0.25) is 0 Å². The molecule has 2 rings (SSSR count). The Hall–Kier alpha value is -1.71. The van der Waals surface area contributed by atoms with Crippen LogP contribution in [0.5, 0.6) is 5.75 Å². The van der Waals surface area contributed by atoms with E-state index in [1.807, 2.05) is 6.07 Å². The summed E-state index contributed by atoms with van der Waals surface area (Å²) in [5.74, 6) is -0.119. The highest BCUT2D eigenvalue weighted by Crippen LogP contribution is 2.43. The molecule has 0 spiro atoms. The van der Waals surface area contributed by atoms with Crippen LogP contribution in [-0.2, 0) is 4.74 Å². The number of aliphatic hydroxyl groups is 1. The molecule has 1 aromatic carbocycles. The number of nitrogens with zero attached hydrogens (tertiary/aromatic N) is 1. The zero-order chi connectivity index (χ0) is 13.9. The van der Waals surface area contributed by atoms with Crippen LogP contribution in [0.15, 0.2) is 24.3 Å². The molecular weight excluding hydrogens is 256 g/mol. The summed E-state index contributed by atoms with van der Waals surface area (Å²) in [5, 5.41) is 19.6. The highest BCUT2D eigenvalue weighted by molar-refractivity contribution is 5.37. The Labute approximate surface area is 109 Å². The third-order valence-corrected chi connectivity index (χ3v) is 3.23. The summed E-state index contributed by atoms with van der Waals surface area (Å²) in [6.45, 7) is -2.54. The van der Waals surface area contributed by atoms with Crippen LogP contribution >= 0.6 is 0 Å². The monoisotopic (exact) mass is 269 g/mol. The van der Waals surface area contributed by atoms with Crippen molar-refractivity contribution in [2.24, 2.45) is 5.41 Å². The van der Waals surface area contributed by atoms with Gasteiger partial charge in [-0.05, 0) is 12.5 Å². The van der Waals surface area contributed by atoms with E-state index in [1.165, 1.54) is 18.2 Å². The van der Waals surface area contributed by atoms with Crippen LogP contribution in [0, 0.1) is 16.7 Å². The minimum atomic E-state index is -2.98. The molecule has 1 heterocycles. The highest BCUT2D eigenvalue weighted by atomic mass is 19.3. The van der Waals surface area contributed by atoms with E-state index in [9.17, 15) is 19.1 Å². The van der Waals surface area contributed by atoms with E-state index >= 15 is 0 Å². The van der Waals surface area contributed by atoms with Crippen molar-refractivity contribution in [1.82, 2.24) is 0 Å². The average Bonchev–Trinajstić information content (AvgIpc) is 2.88. The highest BCUT2D eigenvalue weighted by Gasteiger charge is 2.44. The lowest BCUT2D eigenvalue weighted by Gasteiger charge is -2.27. The maximum Gasteiger partial charge on any atom is 0.387 e. The van der Waals surface area contributed by atoms with Crippen molar-refractivity contribution in [2.45, 2.75) is 19.1 Å². The summed E-state index contributed by atoms with van der Waals surface area (Å²) < 4.78 is 34.2. The molecule has 1 aliphatic heterocycles. The maximum atomic E-state index is 12.3. The van der Waals surface area contributed by atoms with Crippen LogP contribution < -0.4 is 4.74 Å². The number of hydrogen-bond acceptors (Lipinski definition) is 4. The van der Waals surface area contributed by atoms with Gasteiger partial charge in [0.1, 0.15) is 17.3 Å². The Morgan fingerprint density at radius 3 is 2.74 bits per heavy atom. The Balaban J connectivity index is 2.33. The second kappa shape index (κ2) is 5.51. The summed E-state index contributed by atoms with van der Waals surface area (Å²) in [5.41, 5.74) is -0.934. The molecule has 0 aromatic heterocycles. The van der Waals surface area contributed by atoms with E-state index in [4.69, 9.17) is 4.74 Å². The minimum absolute atomic E-state index is 0.0771. The molecule has 1 aromatic rings. The largest absolute Gasteiger partial charge is 0.434 e. The summed E-state index contributed by atoms with van der Waals surface area (Å²) >= 11 is 0. The molecule has 1 saturated heterocycles. The first kappa shape index (κ1) is 13.7. The van der Waals surface area contributed by atoms with Crippen LogP contribution in [0.25, 0.3) is 0 Å². The zero-order valence-electron chi connectivity index (χ0n) is 10.1. The number of hydrogen-bond donors (Lipinski definition) is 1. The van der Waals surface area contributed by atoms with E-state index in [2.05, 4.69) is 4.74 Å². The van der Waals surface area contributed by atoms with Gasteiger partial charge < -0.3 is 14.6 Å². The topological polar surface area (TPSA) is 62.5 Å². The molecule has 2 unspecified atom stereocenters. The first-order valence-electron chi connectivity index (χ1n) is 5.80. The fourth-order valence-corrected chi connectivity index (χ4v) is 2.15.